The third-order valence-electron chi connectivity index (χ3n) is 6.53. The summed E-state index contributed by atoms with van der Waals surface area (Å²) in [6.45, 7) is -0.376. The van der Waals surface area contributed by atoms with Crippen molar-refractivity contribution in [3.05, 3.63) is 46.9 Å². The van der Waals surface area contributed by atoms with E-state index in [0.717, 1.165) is 30.5 Å². The highest BCUT2D eigenvalue weighted by atomic mass is 35.5. The van der Waals surface area contributed by atoms with Gasteiger partial charge in [0, 0.05) is 17.4 Å². The molecule has 152 valence electrons. The molecule has 29 heavy (non-hydrogen) atoms. The molecule has 1 heterocycles. The van der Waals surface area contributed by atoms with Crippen molar-refractivity contribution in [3.8, 4) is 5.75 Å². The summed E-state index contributed by atoms with van der Waals surface area (Å²) in [6, 6.07) is 3.89. The number of nitrogens with one attached hydrogen (secondary N) is 1. The molecule has 0 atom stereocenters. The van der Waals surface area contributed by atoms with Crippen LogP contribution in [0.25, 0.3) is 0 Å². The first-order valence-corrected chi connectivity index (χ1v) is 10.2. The third-order valence-corrected chi connectivity index (χ3v) is 6.83. The second kappa shape index (κ2) is 6.55. The van der Waals surface area contributed by atoms with Crippen LogP contribution in [0.15, 0.2) is 28.9 Å². The molecule has 1 aromatic carbocycles. The Kier molecular flexibility index (Phi) is 4.21. The Balaban J connectivity index is 1.12. The number of rotatable bonds is 6. The quantitative estimate of drug-likeness (QED) is 0.769. The van der Waals surface area contributed by atoms with Gasteiger partial charge in [0.25, 0.3) is 5.91 Å². The summed E-state index contributed by atoms with van der Waals surface area (Å²) in [5, 5.41) is 2.37. The molecule has 4 saturated carbocycles. The summed E-state index contributed by atoms with van der Waals surface area (Å²) in [6.07, 6.45) is 7.27. The number of hydrogen-bond acceptors (Lipinski definition) is 5. The van der Waals surface area contributed by atoms with E-state index < -0.39 is 17.1 Å². The Morgan fingerprint density at radius 2 is 2.07 bits per heavy atom. The summed E-state index contributed by atoms with van der Waals surface area (Å²) < 4.78 is 24.3. The zero-order valence-corrected chi connectivity index (χ0v) is 16.4. The summed E-state index contributed by atoms with van der Waals surface area (Å²) in [5.41, 5.74) is 0.354. The fourth-order valence-corrected chi connectivity index (χ4v) is 4.81. The highest BCUT2D eigenvalue weighted by Crippen LogP contribution is 2.73. The van der Waals surface area contributed by atoms with Gasteiger partial charge >= 0.3 is 0 Å². The molecule has 8 heteroatoms. The predicted octanol–water partition coefficient (Wildman–Crippen LogP) is 3.88. The summed E-state index contributed by atoms with van der Waals surface area (Å²) in [5.74, 6) is -0.0668. The van der Waals surface area contributed by atoms with Gasteiger partial charge in [0.15, 0.2) is 6.61 Å². The van der Waals surface area contributed by atoms with Crippen LogP contribution in [-0.2, 0) is 15.0 Å². The maximum absolute atomic E-state index is 13.4. The summed E-state index contributed by atoms with van der Waals surface area (Å²) in [7, 11) is 0. The normalized spacial score (nSPS) is 27.4. The lowest BCUT2D eigenvalue weighted by Gasteiger charge is -2.67. The monoisotopic (exact) mass is 418 g/mol. The van der Waals surface area contributed by atoms with E-state index in [1.807, 2.05) is 0 Å². The zero-order valence-electron chi connectivity index (χ0n) is 15.7. The number of carbonyl (C=O) groups is 2. The van der Waals surface area contributed by atoms with E-state index in [-0.39, 0.29) is 28.7 Å². The van der Waals surface area contributed by atoms with E-state index >= 15 is 0 Å². The summed E-state index contributed by atoms with van der Waals surface area (Å²) in [4.78, 5) is 29.2. The van der Waals surface area contributed by atoms with Crippen LogP contribution in [0.2, 0.25) is 5.02 Å². The second-order valence-electron chi connectivity index (χ2n) is 8.54. The SMILES string of the molecule is O=C(COc1ccc(Cl)c(F)c1)NC(=O)C12CC(c3nc(C4CCC4)co3)(C1)C2. The average molecular weight is 419 g/mol. The number of nitrogens with zero attached hydrogens (tertiary/aromatic N) is 1. The van der Waals surface area contributed by atoms with Gasteiger partial charge in [-0.3, -0.25) is 14.9 Å². The zero-order chi connectivity index (χ0) is 20.2. The van der Waals surface area contributed by atoms with Gasteiger partial charge in [-0.2, -0.15) is 0 Å². The number of oxazole rings is 1. The van der Waals surface area contributed by atoms with E-state index in [0.29, 0.717) is 25.2 Å². The van der Waals surface area contributed by atoms with Crippen molar-refractivity contribution < 1.29 is 23.1 Å². The number of amides is 2. The molecule has 2 aromatic rings. The maximum Gasteiger partial charge on any atom is 0.264 e. The second-order valence-corrected chi connectivity index (χ2v) is 8.95. The van der Waals surface area contributed by atoms with Crippen LogP contribution >= 0.6 is 11.6 Å². The fraction of sp³-hybridized carbons (Fsp3) is 0.476. The highest BCUT2D eigenvalue weighted by Gasteiger charge is 2.74. The molecular formula is C21H20ClFN2O4. The van der Waals surface area contributed by atoms with E-state index in [1.165, 1.54) is 18.6 Å². The van der Waals surface area contributed by atoms with Gasteiger partial charge in [0.1, 0.15) is 17.8 Å². The highest BCUT2D eigenvalue weighted by molar-refractivity contribution is 6.30. The number of imide groups is 1. The topological polar surface area (TPSA) is 81.4 Å². The Labute approximate surface area is 171 Å². The summed E-state index contributed by atoms with van der Waals surface area (Å²) >= 11 is 5.61. The largest absolute Gasteiger partial charge is 0.484 e. The molecule has 1 N–H and O–H groups in total. The average Bonchev–Trinajstić information content (AvgIpc) is 3.01. The lowest BCUT2D eigenvalue weighted by molar-refractivity contribution is -0.181. The van der Waals surface area contributed by atoms with Gasteiger partial charge in [0.05, 0.1) is 16.1 Å². The number of halogens is 2. The van der Waals surface area contributed by atoms with Crippen molar-refractivity contribution in [2.45, 2.75) is 49.9 Å². The van der Waals surface area contributed by atoms with Crippen molar-refractivity contribution in [1.29, 1.82) is 0 Å². The Morgan fingerprint density at radius 3 is 2.72 bits per heavy atom. The van der Waals surface area contributed by atoms with Crippen molar-refractivity contribution >= 4 is 23.4 Å². The minimum Gasteiger partial charge on any atom is -0.484 e. The molecular weight excluding hydrogens is 399 g/mol. The first-order valence-electron chi connectivity index (χ1n) is 9.77. The number of benzene rings is 1. The smallest absolute Gasteiger partial charge is 0.264 e. The van der Waals surface area contributed by atoms with E-state index in [4.69, 9.17) is 20.8 Å². The van der Waals surface area contributed by atoms with Crippen LogP contribution in [-0.4, -0.2) is 23.4 Å². The van der Waals surface area contributed by atoms with Crippen LogP contribution in [0.5, 0.6) is 5.75 Å². The van der Waals surface area contributed by atoms with Crippen molar-refractivity contribution in [1.82, 2.24) is 10.3 Å². The van der Waals surface area contributed by atoms with E-state index in [9.17, 15) is 14.0 Å². The molecule has 1 aromatic heterocycles. The lowest BCUT2D eigenvalue weighted by atomic mass is 9.34. The fourth-order valence-electron chi connectivity index (χ4n) is 4.69. The van der Waals surface area contributed by atoms with Crippen molar-refractivity contribution in [2.75, 3.05) is 6.61 Å². The predicted molar refractivity (Wildman–Crippen MR) is 101 cm³/mol. The van der Waals surface area contributed by atoms with Gasteiger partial charge in [0.2, 0.25) is 11.8 Å². The number of hydrogen-bond donors (Lipinski definition) is 1. The Hall–Kier alpha value is -2.41. The van der Waals surface area contributed by atoms with E-state index in [1.54, 1.807) is 6.26 Å². The van der Waals surface area contributed by atoms with Crippen molar-refractivity contribution in [2.24, 2.45) is 5.41 Å². The first kappa shape index (κ1) is 18.6. The molecule has 2 bridgehead atoms. The number of aromatic nitrogens is 1. The Morgan fingerprint density at radius 1 is 1.31 bits per heavy atom. The number of ether oxygens (including phenoxy) is 1. The minimum absolute atomic E-state index is 0.0274. The Bertz CT molecular complexity index is 981. The van der Waals surface area contributed by atoms with Crippen LogP contribution in [0.4, 0.5) is 4.39 Å². The standard InChI is InChI=1S/C21H20ClFN2O4/c22-14-5-4-13(6-15(14)23)28-8-17(26)25-18(27)20-9-21(10-20,11-20)19-24-16(7-29-19)12-2-1-3-12/h4-7,12H,1-3,8-11H2,(H,25,26,27). The minimum atomic E-state index is -0.633. The maximum atomic E-state index is 13.4. The van der Waals surface area contributed by atoms with Gasteiger partial charge in [-0.15, -0.1) is 0 Å². The molecule has 4 aliphatic rings. The molecule has 0 saturated heterocycles. The van der Waals surface area contributed by atoms with Crippen LogP contribution in [0.1, 0.15) is 56.0 Å². The van der Waals surface area contributed by atoms with Gasteiger partial charge in [-0.25, -0.2) is 9.37 Å². The molecule has 4 fully saturated rings. The molecule has 2 amide bonds. The van der Waals surface area contributed by atoms with Crippen LogP contribution < -0.4 is 10.1 Å². The molecule has 0 unspecified atom stereocenters. The molecule has 0 radical (unpaired) electrons. The lowest BCUT2D eigenvalue weighted by Crippen LogP contribution is -2.70. The molecule has 0 spiro atoms. The molecule has 6 rings (SSSR count). The molecule has 6 nitrogen and oxygen atoms in total. The van der Waals surface area contributed by atoms with Gasteiger partial charge < -0.3 is 9.15 Å². The molecule has 0 aliphatic heterocycles. The van der Waals surface area contributed by atoms with E-state index in [2.05, 4.69) is 10.3 Å². The molecule has 4 aliphatic carbocycles. The van der Waals surface area contributed by atoms with Gasteiger partial charge in [-0.1, -0.05) is 18.0 Å². The van der Waals surface area contributed by atoms with Gasteiger partial charge in [-0.05, 0) is 44.2 Å². The van der Waals surface area contributed by atoms with Crippen LogP contribution in [0, 0.1) is 11.2 Å². The van der Waals surface area contributed by atoms with Crippen molar-refractivity contribution in [3.63, 3.8) is 0 Å². The third kappa shape index (κ3) is 3.03. The van der Waals surface area contributed by atoms with Crippen LogP contribution in [0.3, 0.4) is 0 Å². The first-order chi connectivity index (χ1) is 13.9. The number of carbonyl (C=O) groups excluding carboxylic acids is 2.